The summed E-state index contributed by atoms with van der Waals surface area (Å²) in [5.74, 6) is 0.975. The molecule has 0 bridgehead atoms. The van der Waals surface area contributed by atoms with Gasteiger partial charge in [0, 0.05) is 18.1 Å². The van der Waals surface area contributed by atoms with Crippen molar-refractivity contribution in [3.63, 3.8) is 0 Å². The number of thiocarbonyl (C=S) groups is 1. The van der Waals surface area contributed by atoms with Crippen LogP contribution in [-0.4, -0.2) is 35.8 Å². The Hall–Kier alpha value is -1.72. The second-order valence-corrected chi connectivity index (χ2v) is 5.03. The molecule has 1 aliphatic heterocycles. The minimum atomic E-state index is -0.190. The number of morpholine rings is 1. The Morgan fingerprint density at radius 3 is 3.05 bits per heavy atom. The van der Waals surface area contributed by atoms with Gasteiger partial charge in [0.15, 0.2) is 0 Å². The van der Waals surface area contributed by atoms with Gasteiger partial charge in [0.05, 0.1) is 13.2 Å². The Balaban J connectivity index is 1.97. The van der Waals surface area contributed by atoms with Crippen molar-refractivity contribution in [3.8, 4) is 0 Å². The Labute approximate surface area is 117 Å². The second kappa shape index (κ2) is 5.11. The molecule has 1 saturated heterocycles. The summed E-state index contributed by atoms with van der Waals surface area (Å²) < 4.78 is 5.57. The van der Waals surface area contributed by atoms with Crippen LogP contribution in [0, 0.1) is 0 Å². The molecule has 1 aliphatic rings. The number of benzene rings is 1. The van der Waals surface area contributed by atoms with Crippen molar-refractivity contribution >= 4 is 33.8 Å². The number of hydrogen-bond donors (Lipinski definition) is 1. The van der Waals surface area contributed by atoms with Gasteiger partial charge >= 0.3 is 0 Å². The maximum atomic E-state index is 5.68. The van der Waals surface area contributed by atoms with E-state index in [9.17, 15) is 0 Å². The molecule has 2 N–H and O–H groups in total. The molecule has 2 heterocycles. The summed E-state index contributed by atoms with van der Waals surface area (Å²) in [5, 5.41) is 2.33. The van der Waals surface area contributed by atoms with Gasteiger partial charge in [0.2, 0.25) is 0 Å². The van der Waals surface area contributed by atoms with Gasteiger partial charge in [0.1, 0.15) is 16.9 Å². The van der Waals surface area contributed by atoms with Crippen LogP contribution >= 0.6 is 12.2 Å². The first-order chi connectivity index (χ1) is 9.25. The molecule has 1 unspecified atom stereocenters. The molecular weight excluding hydrogens is 258 g/mol. The largest absolute Gasteiger partial charge is 0.391 e. The number of pyridine rings is 1. The predicted molar refractivity (Wildman–Crippen MR) is 80.5 cm³/mol. The van der Waals surface area contributed by atoms with Gasteiger partial charge in [0.25, 0.3) is 0 Å². The van der Waals surface area contributed by atoms with Crippen molar-refractivity contribution in [1.82, 2.24) is 4.98 Å². The quantitative estimate of drug-likeness (QED) is 0.844. The molecule has 0 spiro atoms. The Kier molecular flexibility index (Phi) is 3.31. The summed E-state index contributed by atoms with van der Waals surface area (Å²) in [5.41, 5.74) is 5.68. The van der Waals surface area contributed by atoms with Gasteiger partial charge in [-0.25, -0.2) is 4.98 Å². The van der Waals surface area contributed by atoms with Gasteiger partial charge in [-0.15, -0.1) is 0 Å². The van der Waals surface area contributed by atoms with Crippen LogP contribution in [0.2, 0.25) is 0 Å². The molecule has 1 aromatic carbocycles. The zero-order valence-electron chi connectivity index (χ0n) is 10.5. The zero-order chi connectivity index (χ0) is 13.2. The van der Waals surface area contributed by atoms with E-state index in [0.717, 1.165) is 17.7 Å². The zero-order valence-corrected chi connectivity index (χ0v) is 11.3. The molecule has 0 aliphatic carbocycles. The molecular formula is C14H15N3OS. The Bertz CT molecular complexity index is 611. The van der Waals surface area contributed by atoms with E-state index in [0.29, 0.717) is 18.1 Å². The van der Waals surface area contributed by atoms with Gasteiger partial charge < -0.3 is 15.4 Å². The highest BCUT2D eigenvalue weighted by atomic mass is 32.1. The fourth-order valence-electron chi connectivity index (χ4n) is 2.37. The summed E-state index contributed by atoms with van der Waals surface area (Å²) in [7, 11) is 0. The van der Waals surface area contributed by atoms with Crippen molar-refractivity contribution in [2.24, 2.45) is 5.73 Å². The van der Waals surface area contributed by atoms with Crippen molar-refractivity contribution in [2.75, 3.05) is 24.6 Å². The highest BCUT2D eigenvalue weighted by Gasteiger charge is 2.24. The molecule has 0 radical (unpaired) electrons. The first kappa shape index (κ1) is 12.3. The summed E-state index contributed by atoms with van der Waals surface area (Å²) in [6.45, 7) is 2.09. The molecule has 1 aromatic heterocycles. The minimum Gasteiger partial charge on any atom is -0.391 e. The van der Waals surface area contributed by atoms with Crippen LogP contribution in [0.1, 0.15) is 0 Å². The summed E-state index contributed by atoms with van der Waals surface area (Å²) in [4.78, 5) is 7.11. The van der Waals surface area contributed by atoms with Gasteiger partial charge in [-0.1, -0.05) is 36.5 Å². The van der Waals surface area contributed by atoms with E-state index in [1.807, 2.05) is 24.4 Å². The lowest BCUT2D eigenvalue weighted by Crippen LogP contribution is -2.48. The van der Waals surface area contributed by atoms with Crippen molar-refractivity contribution in [1.29, 1.82) is 0 Å². The van der Waals surface area contributed by atoms with E-state index in [4.69, 9.17) is 22.7 Å². The average Bonchev–Trinajstić information content (AvgIpc) is 2.47. The van der Waals surface area contributed by atoms with Crippen LogP contribution in [0.15, 0.2) is 36.5 Å². The topological polar surface area (TPSA) is 51.4 Å². The van der Waals surface area contributed by atoms with Crippen LogP contribution in [0.4, 0.5) is 5.82 Å². The number of nitrogens with two attached hydrogens (primary N) is 1. The number of rotatable bonds is 2. The molecule has 19 heavy (non-hydrogen) atoms. The summed E-state index contributed by atoms with van der Waals surface area (Å²) in [6, 6.07) is 10.3. The lowest BCUT2D eigenvalue weighted by molar-refractivity contribution is 0.0845. The molecule has 3 rings (SSSR count). The number of hydrogen-bond acceptors (Lipinski definition) is 4. The Morgan fingerprint density at radius 1 is 1.37 bits per heavy atom. The second-order valence-electron chi connectivity index (χ2n) is 4.56. The maximum absolute atomic E-state index is 5.68. The monoisotopic (exact) mass is 273 g/mol. The maximum Gasteiger partial charge on any atom is 0.136 e. The van der Waals surface area contributed by atoms with E-state index in [-0.39, 0.29) is 6.10 Å². The van der Waals surface area contributed by atoms with E-state index >= 15 is 0 Å². The number of anilines is 1. The highest BCUT2D eigenvalue weighted by Crippen LogP contribution is 2.25. The molecule has 0 saturated carbocycles. The third-order valence-electron chi connectivity index (χ3n) is 3.34. The standard InChI is InChI=1S/C14H15N3OS/c15-13(19)12-9-17(7-8-18-12)14-11-4-2-1-3-10(11)5-6-16-14/h1-6,12H,7-9H2,(H2,15,19). The van der Waals surface area contributed by atoms with Crippen molar-refractivity contribution in [3.05, 3.63) is 36.5 Å². The van der Waals surface area contributed by atoms with Gasteiger partial charge in [-0.05, 0) is 11.5 Å². The van der Waals surface area contributed by atoms with E-state index in [2.05, 4.69) is 22.0 Å². The number of ether oxygens (including phenoxy) is 1. The summed E-state index contributed by atoms with van der Waals surface area (Å²) >= 11 is 5.02. The molecule has 98 valence electrons. The lowest BCUT2D eigenvalue weighted by Gasteiger charge is -2.33. The fourth-order valence-corrected chi connectivity index (χ4v) is 2.51. The SMILES string of the molecule is NC(=S)C1CN(c2nccc3ccccc23)CCO1. The first-order valence-corrected chi connectivity index (χ1v) is 6.66. The third kappa shape index (κ3) is 2.39. The normalized spacial score (nSPS) is 19.6. The molecule has 1 fully saturated rings. The van der Waals surface area contributed by atoms with Crippen LogP contribution < -0.4 is 10.6 Å². The average molecular weight is 273 g/mol. The minimum absolute atomic E-state index is 0.190. The number of nitrogens with zero attached hydrogens (tertiary/aromatic N) is 2. The van der Waals surface area contributed by atoms with E-state index in [1.54, 1.807) is 0 Å². The highest BCUT2D eigenvalue weighted by molar-refractivity contribution is 7.80. The van der Waals surface area contributed by atoms with E-state index < -0.39 is 0 Å². The third-order valence-corrected chi connectivity index (χ3v) is 3.60. The van der Waals surface area contributed by atoms with Gasteiger partial charge in [-0.2, -0.15) is 0 Å². The smallest absolute Gasteiger partial charge is 0.136 e. The van der Waals surface area contributed by atoms with Crippen LogP contribution in [0.3, 0.4) is 0 Å². The first-order valence-electron chi connectivity index (χ1n) is 6.25. The number of aromatic nitrogens is 1. The van der Waals surface area contributed by atoms with Crippen LogP contribution in [-0.2, 0) is 4.74 Å². The number of fused-ring (bicyclic) bond motifs is 1. The molecule has 1 atom stereocenters. The van der Waals surface area contributed by atoms with Crippen molar-refractivity contribution < 1.29 is 4.74 Å². The van der Waals surface area contributed by atoms with Gasteiger partial charge in [-0.3, -0.25) is 0 Å². The van der Waals surface area contributed by atoms with Crippen molar-refractivity contribution in [2.45, 2.75) is 6.10 Å². The summed E-state index contributed by atoms with van der Waals surface area (Å²) in [6.07, 6.45) is 1.65. The molecule has 4 nitrogen and oxygen atoms in total. The Morgan fingerprint density at radius 2 is 2.21 bits per heavy atom. The van der Waals surface area contributed by atoms with E-state index in [1.165, 1.54) is 5.39 Å². The molecule has 0 amide bonds. The van der Waals surface area contributed by atoms with Crippen LogP contribution in [0.25, 0.3) is 10.8 Å². The molecule has 2 aromatic rings. The molecule has 5 heteroatoms. The predicted octanol–water partition coefficient (Wildman–Crippen LogP) is 1.73. The fraction of sp³-hybridized carbons (Fsp3) is 0.286. The van der Waals surface area contributed by atoms with Crippen LogP contribution in [0.5, 0.6) is 0 Å². The lowest BCUT2D eigenvalue weighted by atomic mass is 10.1.